The van der Waals surface area contributed by atoms with Crippen LogP contribution in [-0.4, -0.2) is 31.8 Å². The Balaban J connectivity index is 1.26. The summed E-state index contributed by atoms with van der Waals surface area (Å²) in [6, 6.07) is 41.5. The second kappa shape index (κ2) is 12.3. The molecule has 2 aliphatic rings. The molecule has 6 rings (SSSR count). The number of hydrogen-bond acceptors (Lipinski definition) is 3. The van der Waals surface area contributed by atoms with Crippen LogP contribution in [0.3, 0.4) is 0 Å². The minimum Gasteiger partial charge on any atom is -0.407 e. The van der Waals surface area contributed by atoms with Gasteiger partial charge in [-0.2, -0.15) is 0 Å². The molecule has 2 aliphatic carbocycles. The first-order valence-corrected chi connectivity index (χ1v) is 19.6. The summed E-state index contributed by atoms with van der Waals surface area (Å²) in [7, 11) is -5.65. The summed E-state index contributed by atoms with van der Waals surface area (Å²) >= 11 is 0. The van der Waals surface area contributed by atoms with Gasteiger partial charge in [0, 0.05) is 22.9 Å². The summed E-state index contributed by atoms with van der Waals surface area (Å²) in [5.74, 6) is 1.58. The Morgan fingerprint density at radius 2 is 1.09 bits per heavy atom. The normalized spacial score (nSPS) is 24.4. The van der Waals surface area contributed by atoms with Crippen LogP contribution < -0.4 is 21.0 Å². The summed E-state index contributed by atoms with van der Waals surface area (Å²) in [6.07, 6.45) is 2.79. The van der Waals surface area contributed by atoms with Gasteiger partial charge >= 0.3 is 0 Å². The van der Waals surface area contributed by atoms with Crippen molar-refractivity contribution in [3.05, 3.63) is 121 Å². The van der Waals surface area contributed by atoms with Gasteiger partial charge in [-0.15, -0.1) is 0 Å². The molecule has 2 saturated carbocycles. The van der Waals surface area contributed by atoms with E-state index in [2.05, 4.69) is 81.4 Å². The third-order valence-corrected chi connectivity index (χ3v) is 18.9. The van der Waals surface area contributed by atoms with Crippen LogP contribution in [0.1, 0.15) is 46.5 Å². The van der Waals surface area contributed by atoms with Gasteiger partial charge in [0.05, 0.1) is 6.10 Å². The average molecular weight is 609 g/mol. The minimum atomic E-state index is -3.05. The Morgan fingerprint density at radius 3 is 1.53 bits per heavy atom. The molecule has 43 heavy (non-hydrogen) atoms. The quantitative estimate of drug-likeness (QED) is 0.178. The van der Waals surface area contributed by atoms with Crippen LogP contribution in [0.15, 0.2) is 121 Å². The lowest BCUT2D eigenvalue weighted by Gasteiger charge is -2.43. The highest BCUT2D eigenvalue weighted by atomic mass is 31.2. The highest BCUT2D eigenvalue weighted by molar-refractivity contribution is 7.79. The Hall–Kier alpha value is -2.75. The number of benzene rings is 4. The standard InChI is InChI=1S/C38H45O3PSi/c1-38(2,3)43(31-20-12-6-13-21-31,32-22-14-7-15-23-32)41-28-35-33-24-26-36(39)37(27-25-34(33)35)42(40,29-16-8-4-9-17-29)30-18-10-5-11-19-30/h4-23,33-37,39H,24-28H2,1-3H3/t33-,34+,35+,36+,37+/m0/s1. The number of rotatable bonds is 8. The second-order valence-corrected chi connectivity index (χ2v) is 20.9. The van der Waals surface area contributed by atoms with Crippen molar-refractivity contribution in [1.82, 2.24) is 0 Å². The predicted molar refractivity (Wildman–Crippen MR) is 182 cm³/mol. The zero-order valence-corrected chi connectivity index (χ0v) is 27.6. The molecule has 224 valence electrons. The smallest absolute Gasteiger partial charge is 0.261 e. The molecule has 1 N–H and O–H groups in total. The van der Waals surface area contributed by atoms with E-state index in [4.69, 9.17) is 4.43 Å². The predicted octanol–water partition coefficient (Wildman–Crippen LogP) is 6.74. The largest absolute Gasteiger partial charge is 0.407 e. The zero-order chi connectivity index (χ0) is 30.1. The van der Waals surface area contributed by atoms with Crippen LogP contribution in [-0.2, 0) is 8.99 Å². The lowest BCUT2D eigenvalue weighted by atomic mass is 9.98. The van der Waals surface area contributed by atoms with E-state index >= 15 is 4.57 Å². The van der Waals surface area contributed by atoms with E-state index in [1.807, 2.05) is 60.7 Å². The van der Waals surface area contributed by atoms with Crippen LogP contribution in [0, 0.1) is 17.8 Å². The minimum absolute atomic E-state index is 0.0527. The Bertz CT molecular complexity index is 1440. The van der Waals surface area contributed by atoms with Gasteiger partial charge in [0.25, 0.3) is 8.32 Å². The fraction of sp³-hybridized carbons (Fsp3) is 0.368. The lowest BCUT2D eigenvalue weighted by molar-refractivity contribution is 0.143. The topological polar surface area (TPSA) is 46.5 Å². The van der Waals surface area contributed by atoms with Gasteiger partial charge in [-0.3, -0.25) is 0 Å². The molecule has 4 aromatic rings. The van der Waals surface area contributed by atoms with E-state index in [0.29, 0.717) is 24.2 Å². The first-order chi connectivity index (χ1) is 20.8. The number of fused-ring (bicyclic) bond motifs is 1. The molecule has 0 heterocycles. The van der Waals surface area contributed by atoms with Crippen LogP contribution >= 0.6 is 7.14 Å². The summed E-state index contributed by atoms with van der Waals surface area (Å²) < 4.78 is 22.5. The maximum atomic E-state index is 15.2. The first-order valence-electron chi connectivity index (χ1n) is 15.9. The van der Waals surface area contributed by atoms with Crippen molar-refractivity contribution >= 4 is 36.4 Å². The van der Waals surface area contributed by atoms with Crippen molar-refractivity contribution in [2.24, 2.45) is 17.8 Å². The molecule has 3 nitrogen and oxygen atoms in total. The van der Waals surface area contributed by atoms with Crippen molar-refractivity contribution in [3.8, 4) is 0 Å². The van der Waals surface area contributed by atoms with E-state index < -0.39 is 21.6 Å². The van der Waals surface area contributed by atoms with Gasteiger partial charge in [-0.1, -0.05) is 142 Å². The zero-order valence-electron chi connectivity index (χ0n) is 25.7. The lowest BCUT2D eigenvalue weighted by Crippen LogP contribution is -2.66. The SMILES string of the molecule is CC(C)(C)[Si](OC[C@H]1[C@@H]2CC[C@@H](P(=O)(c3ccccc3)c3ccccc3)[C@H](O)CC[C@@H]21)(c1ccccc1)c1ccccc1. The molecule has 5 atom stereocenters. The molecular formula is C38H45O3PSi. The van der Waals surface area contributed by atoms with Crippen LogP contribution in [0.2, 0.25) is 5.04 Å². The maximum absolute atomic E-state index is 15.2. The molecule has 4 aromatic carbocycles. The molecule has 0 unspecified atom stereocenters. The van der Waals surface area contributed by atoms with E-state index in [9.17, 15) is 5.11 Å². The van der Waals surface area contributed by atoms with Gasteiger partial charge in [0.15, 0.2) is 0 Å². The van der Waals surface area contributed by atoms with Crippen LogP contribution in [0.4, 0.5) is 0 Å². The maximum Gasteiger partial charge on any atom is 0.261 e. The fourth-order valence-electron chi connectivity index (χ4n) is 7.98. The number of aliphatic hydroxyl groups excluding tert-OH is 1. The highest BCUT2D eigenvalue weighted by Crippen LogP contribution is 2.59. The summed E-state index contributed by atoms with van der Waals surface area (Å²) in [4.78, 5) is 0. The highest BCUT2D eigenvalue weighted by Gasteiger charge is 2.56. The molecule has 0 bridgehead atoms. The molecular weight excluding hydrogens is 563 g/mol. The third-order valence-electron chi connectivity index (χ3n) is 10.2. The van der Waals surface area contributed by atoms with E-state index in [-0.39, 0.29) is 10.7 Å². The number of hydrogen-bond donors (Lipinski definition) is 1. The molecule has 5 heteroatoms. The Morgan fingerprint density at radius 1 is 0.674 bits per heavy atom. The van der Waals surface area contributed by atoms with Crippen molar-refractivity contribution < 1.29 is 14.1 Å². The van der Waals surface area contributed by atoms with Crippen LogP contribution in [0.5, 0.6) is 0 Å². The van der Waals surface area contributed by atoms with E-state index in [1.165, 1.54) is 10.4 Å². The van der Waals surface area contributed by atoms with Gasteiger partial charge < -0.3 is 14.1 Å². The summed E-state index contributed by atoms with van der Waals surface area (Å²) in [6.45, 7) is 7.74. The van der Waals surface area contributed by atoms with E-state index in [0.717, 1.165) is 36.5 Å². The van der Waals surface area contributed by atoms with Crippen molar-refractivity contribution in [1.29, 1.82) is 0 Å². The summed E-state index contributed by atoms with van der Waals surface area (Å²) in [5, 5.41) is 15.9. The molecule has 0 amide bonds. The van der Waals surface area contributed by atoms with Gasteiger partial charge in [0.2, 0.25) is 0 Å². The molecule has 0 aliphatic heterocycles. The molecule has 0 radical (unpaired) electrons. The van der Waals surface area contributed by atoms with Gasteiger partial charge in [-0.25, -0.2) is 0 Å². The monoisotopic (exact) mass is 608 g/mol. The van der Waals surface area contributed by atoms with E-state index in [1.54, 1.807) is 0 Å². The molecule has 0 saturated heterocycles. The average Bonchev–Trinajstić information content (AvgIpc) is 3.70. The van der Waals surface area contributed by atoms with Crippen molar-refractivity contribution in [2.45, 2.75) is 63.3 Å². The van der Waals surface area contributed by atoms with Crippen molar-refractivity contribution in [3.63, 3.8) is 0 Å². The first kappa shape index (κ1) is 30.3. The second-order valence-electron chi connectivity index (χ2n) is 13.6. The summed E-state index contributed by atoms with van der Waals surface area (Å²) in [5.41, 5.74) is -0.280. The number of aliphatic hydroxyl groups is 1. The van der Waals surface area contributed by atoms with Gasteiger partial charge in [0.1, 0.15) is 7.14 Å². The third kappa shape index (κ3) is 5.64. The molecule has 2 fully saturated rings. The van der Waals surface area contributed by atoms with Gasteiger partial charge in [-0.05, 0) is 58.8 Å². The Labute approximate surface area is 258 Å². The molecule has 0 spiro atoms. The molecule has 0 aromatic heterocycles. The Kier molecular flexibility index (Phi) is 8.68. The van der Waals surface area contributed by atoms with Crippen LogP contribution in [0.25, 0.3) is 0 Å². The fourth-order valence-corrected chi connectivity index (χ4v) is 16.0. The van der Waals surface area contributed by atoms with Crippen molar-refractivity contribution in [2.75, 3.05) is 6.61 Å².